The van der Waals surface area contributed by atoms with Gasteiger partial charge in [-0.3, -0.25) is 0 Å². The number of rotatable bonds is 4. The second-order valence-corrected chi connectivity index (χ2v) is 3.16. The Bertz CT molecular complexity index is 261. The normalized spacial score (nSPS) is 12.5. The van der Waals surface area contributed by atoms with Crippen molar-refractivity contribution in [2.45, 2.75) is 19.4 Å². The third-order valence-electron chi connectivity index (χ3n) is 2.11. The van der Waals surface area contributed by atoms with E-state index in [-0.39, 0.29) is 6.10 Å². The van der Waals surface area contributed by atoms with Crippen LogP contribution in [0.2, 0.25) is 0 Å². The molecule has 70 valence electrons. The predicted molar refractivity (Wildman–Crippen MR) is 55.7 cm³/mol. The zero-order valence-corrected chi connectivity index (χ0v) is 8.29. The highest BCUT2D eigenvalue weighted by atomic mass is 16.5. The lowest BCUT2D eigenvalue weighted by atomic mass is 10.1. The SMILES string of the molecule is C=CC[C@@H](OC)c1ccc(C)cc1. The van der Waals surface area contributed by atoms with Crippen molar-refractivity contribution in [3.8, 4) is 0 Å². The molecule has 1 aromatic carbocycles. The Hall–Kier alpha value is -1.08. The number of ether oxygens (including phenoxy) is 1. The van der Waals surface area contributed by atoms with E-state index in [2.05, 4.69) is 37.8 Å². The van der Waals surface area contributed by atoms with Gasteiger partial charge >= 0.3 is 0 Å². The van der Waals surface area contributed by atoms with Gasteiger partial charge in [-0.05, 0) is 18.9 Å². The number of benzene rings is 1. The first kappa shape index (κ1) is 10.0. The summed E-state index contributed by atoms with van der Waals surface area (Å²) in [6.07, 6.45) is 2.89. The van der Waals surface area contributed by atoms with Crippen molar-refractivity contribution in [3.05, 3.63) is 48.0 Å². The summed E-state index contributed by atoms with van der Waals surface area (Å²) in [4.78, 5) is 0. The van der Waals surface area contributed by atoms with Crippen molar-refractivity contribution in [1.29, 1.82) is 0 Å². The van der Waals surface area contributed by atoms with Crippen LogP contribution in [0, 0.1) is 6.92 Å². The zero-order valence-electron chi connectivity index (χ0n) is 8.29. The van der Waals surface area contributed by atoms with Crippen LogP contribution in [0.5, 0.6) is 0 Å². The lowest BCUT2D eigenvalue weighted by molar-refractivity contribution is 0.106. The Kier molecular flexibility index (Phi) is 3.71. The van der Waals surface area contributed by atoms with E-state index in [0.717, 1.165) is 6.42 Å². The fourth-order valence-electron chi connectivity index (χ4n) is 1.30. The Labute approximate surface area is 80.0 Å². The molecule has 1 heteroatoms. The lowest BCUT2D eigenvalue weighted by Crippen LogP contribution is -1.99. The van der Waals surface area contributed by atoms with Crippen molar-refractivity contribution in [2.75, 3.05) is 7.11 Å². The van der Waals surface area contributed by atoms with Crippen LogP contribution < -0.4 is 0 Å². The molecule has 0 aromatic heterocycles. The molecule has 0 spiro atoms. The van der Waals surface area contributed by atoms with Crippen LogP contribution in [0.25, 0.3) is 0 Å². The van der Waals surface area contributed by atoms with Crippen LogP contribution in [-0.2, 0) is 4.74 Å². The molecule has 0 N–H and O–H groups in total. The number of hydrogen-bond acceptors (Lipinski definition) is 1. The molecule has 1 aromatic rings. The molecule has 0 amide bonds. The molecule has 1 atom stereocenters. The molecular formula is C12H16O. The van der Waals surface area contributed by atoms with Crippen LogP contribution in [0.1, 0.15) is 23.7 Å². The average molecular weight is 176 g/mol. The van der Waals surface area contributed by atoms with Gasteiger partial charge in [0.2, 0.25) is 0 Å². The van der Waals surface area contributed by atoms with Crippen molar-refractivity contribution in [3.63, 3.8) is 0 Å². The van der Waals surface area contributed by atoms with E-state index in [1.54, 1.807) is 7.11 Å². The molecule has 0 saturated carbocycles. The molecular weight excluding hydrogens is 160 g/mol. The smallest absolute Gasteiger partial charge is 0.0855 e. The fraction of sp³-hybridized carbons (Fsp3) is 0.333. The molecule has 1 nitrogen and oxygen atoms in total. The van der Waals surface area contributed by atoms with E-state index in [0.29, 0.717) is 0 Å². The van der Waals surface area contributed by atoms with E-state index in [1.165, 1.54) is 11.1 Å². The molecule has 0 aliphatic heterocycles. The van der Waals surface area contributed by atoms with E-state index in [4.69, 9.17) is 4.74 Å². The predicted octanol–water partition coefficient (Wildman–Crippen LogP) is 3.26. The highest BCUT2D eigenvalue weighted by molar-refractivity contribution is 5.23. The summed E-state index contributed by atoms with van der Waals surface area (Å²) in [6.45, 7) is 5.79. The Morgan fingerprint density at radius 3 is 2.46 bits per heavy atom. The maximum absolute atomic E-state index is 5.35. The number of hydrogen-bond donors (Lipinski definition) is 0. The number of methoxy groups -OCH3 is 1. The van der Waals surface area contributed by atoms with Crippen LogP contribution in [0.4, 0.5) is 0 Å². The van der Waals surface area contributed by atoms with Crippen molar-refractivity contribution >= 4 is 0 Å². The van der Waals surface area contributed by atoms with Crippen LogP contribution in [-0.4, -0.2) is 7.11 Å². The maximum atomic E-state index is 5.35. The summed E-state index contributed by atoms with van der Waals surface area (Å²) in [7, 11) is 1.73. The summed E-state index contributed by atoms with van der Waals surface area (Å²) in [5.74, 6) is 0. The zero-order chi connectivity index (χ0) is 9.68. The summed E-state index contributed by atoms with van der Waals surface area (Å²) in [5.41, 5.74) is 2.49. The molecule has 0 heterocycles. The van der Waals surface area contributed by atoms with E-state index >= 15 is 0 Å². The number of aryl methyl sites for hydroxylation is 1. The van der Waals surface area contributed by atoms with Crippen molar-refractivity contribution in [1.82, 2.24) is 0 Å². The van der Waals surface area contributed by atoms with Gasteiger partial charge < -0.3 is 4.74 Å². The van der Waals surface area contributed by atoms with Gasteiger partial charge in [0.15, 0.2) is 0 Å². The highest BCUT2D eigenvalue weighted by Gasteiger charge is 2.06. The topological polar surface area (TPSA) is 9.23 Å². The first-order valence-corrected chi connectivity index (χ1v) is 4.48. The third kappa shape index (κ3) is 2.71. The minimum Gasteiger partial charge on any atom is -0.376 e. The third-order valence-corrected chi connectivity index (χ3v) is 2.11. The summed E-state index contributed by atoms with van der Waals surface area (Å²) in [6, 6.07) is 8.41. The minimum atomic E-state index is 0.151. The highest BCUT2D eigenvalue weighted by Crippen LogP contribution is 2.20. The maximum Gasteiger partial charge on any atom is 0.0855 e. The standard InChI is InChI=1S/C12H16O/c1-4-5-12(13-3)11-8-6-10(2)7-9-11/h4,6-9,12H,1,5H2,2-3H3/t12-/m1/s1. The first-order valence-electron chi connectivity index (χ1n) is 4.48. The van der Waals surface area contributed by atoms with Gasteiger partial charge in [-0.25, -0.2) is 0 Å². The summed E-state index contributed by atoms with van der Waals surface area (Å²) < 4.78 is 5.35. The Balaban J connectivity index is 2.78. The van der Waals surface area contributed by atoms with E-state index in [9.17, 15) is 0 Å². The molecule has 0 bridgehead atoms. The molecule has 0 radical (unpaired) electrons. The van der Waals surface area contributed by atoms with Gasteiger partial charge in [0.1, 0.15) is 0 Å². The summed E-state index contributed by atoms with van der Waals surface area (Å²) >= 11 is 0. The molecule has 0 unspecified atom stereocenters. The second-order valence-electron chi connectivity index (χ2n) is 3.16. The fourth-order valence-corrected chi connectivity index (χ4v) is 1.30. The van der Waals surface area contributed by atoms with Gasteiger partial charge in [-0.1, -0.05) is 35.9 Å². The largest absolute Gasteiger partial charge is 0.376 e. The first-order chi connectivity index (χ1) is 6.27. The molecule has 0 fully saturated rings. The van der Waals surface area contributed by atoms with Crippen LogP contribution >= 0.6 is 0 Å². The van der Waals surface area contributed by atoms with Crippen molar-refractivity contribution < 1.29 is 4.74 Å². The van der Waals surface area contributed by atoms with Gasteiger partial charge in [0.05, 0.1) is 6.10 Å². The van der Waals surface area contributed by atoms with Crippen LogP contribution in [0.15, 0.2) is 36.9 Å². The van der Waals surface area contributed by atoms with Gasteiger partial charge in [-0.15, -0.1) is 6.58 Å². The van der Waals surface area contributed by atoms with Gasteiger partial charge in [0.25, 0.3) is 0 Å². The molecule has 0 aliphatic rings. The molecule has 13 heavy (non-hydrogen) atoms. The lowest BCUT2D eigenvalue weighted by Gasteiger charge is -2.13. The molecule has 1 rings (SSSR count). The Morgan fingerprint density at radius 2 is 2.00 bits per heavy atom. The molecule has 0 saturated heterocycles. The van der Waals surface area contributed by atoms with Crippen molar-refractivity contribution in [2.24, 2.45) is 0 Å². The average Bonchev–Trinajstić information content (AvgIpc) is 2.16. The van der Waals surface area contributed by atoms with Crippen LogP contribution in [0.3, 0.4) is 0 Å². The summed E-state index contributed by atoms with van der Waals surface area (Å²) in [5, 5.41) is 0. The van der Waals surface area contributed by atoms with E-state index < -0.39 is 0 Å². The monoisotopic (exact) mass is 176 g/mol. The van der Waals surface area contributed by atoms with E-state index in [1.807, 2.05) is 6.08 Å². The quantitative estimate of drug-likeness (QED) is 0.640. The second kappa shape index (κ2) is 4.83. The van der Waals surface area contributed by atoms with Gasteiger partial charge in [0, 0.05) is 7.11 Å². The Morgan fingerprint density at radius 1 is 1.38 bits per heavy atom. The minimum absolute atomic E-state index is 0.151. The molecule has 0 aliphatic carbocycles. The van der Waals surface area contributed by atoms with Gasteiger partial charge in [-0.2, -0.15) is 0 Å².